The third-order valence-corrected chi connectivity index (χ3v) is 3.21. The van der Waals surface area contributed by atoms with Crippen LogP contribution in [0.2, 0.25) is 0 Å². The zero-order valence-electron chi connectivity index (χ0n) is 9.78. The molecule has 0 spiro atoms. The topological polar surface area (TPSA) is 76.7 Å². The molecule has 18 heavy (non-hydrogen) atoms. The molecule has 6 heteroatoms. The van der Waals surface area contributed by atoms with Crippen molar-refractivity contribution in [2.45, 2.75) is 12.5 Å². The second kappa shape index (κ2) is 3.63. The van der Waals surface area contributed by atoms with Crippen molar-refractivity contribution in [1.29, 1.82) is 0 Å². The number of carbonyl (C=O) groups excluding carboxylic acids is 2. The molecule has 2 amide bonds. The highest BCUT2D eigenvalue weighted by Gasteiger charge is 2.36. The first-order valence-electron chi connectivity index (χ1n) is 5.59. The van der Waals surface area contributed by atoms with Crippen LogP contribution in [0.1, 0.15) is 12.5 Å². The van der Waals surface area contributed by atoms with Crippen molar-refractivity contribution in [3.8, 4) is 11.5 Å². The maximum atomic E-state index is 11.4. The minimum absolute atomic E-state index is 0.207. The Bertz CT molecular complexity index is 543. The number of piperazine rings is 1. The smallest absolute Gasteiger partial charge is 0.310 e. The van der Waals surface area contributed by atoms with Gasteiger partial charge in [-0.1, -0.05) is 6.07 Å². The van der Waals surface area contributed by atoms with Crippen LogP contribution in [0.3, 0.4) is 0 Å². The third kappa shape index (κ3) is 1.57. The minimum atomic E-state index is -0.633. The number of ether oxygens (including phenoxy) is 2. The van der Waals surface area contributed by atoms with E-state index in [9.17, 15) is 9.59 Å². The SMILES string of the molecule is CC1(c2ccc3c(c2)OCO3)CNC(=O)C(=O)N1. The number of hydrogen-bond donors (Lipinski definition) is 2. The molecule has 94 valence electrons. The highest BCUT2D eigenvalue weighted by molar-refractivity contribution is 6.35. The zero-order valence-corrected chi connectivity index (χ0v) is 9.78. The highest BCUT2D eigenvalue weighted by Crippen LogP contribution is 2.35. The monoisotopic (exact) mass is 248 g/mol. The lowest BCUT2D eigenvalue weighted by Gasteiger charge is -2.34. The van der Waals surface area contributed by atoms with E-state index < -0.39 is 17.4 Å². The van der Waals surface area contributed by atoms with Crippen LogP contribution in [0, 0.1) is 0 Å². The summed E-state index contributed by atoms with van der Waals surface area (Å²) in [5, 5.41) is 5.27. The molecule has 1 aromatic rings. The Hall–Kier alpha value is -2.24. The molecule has 1 unspecified atom stereocenters. The van der Waals surface area contributed by atoms with Crippen LogP contribution < -0.4 is 20.1 Å². The van der Waals surface area contributed by atoms with Crippen LogP contribution in [0.5, 0.6) is 11.5 Å². The molecule has 0 saturated carbocycles. The van der Waals surface area contributed by atoms with Crippen LogP contribution in [-0.2, 0) is 15.1 Å². The van der Waals surface area contributed by atoms with Gasteiger partial charge in [0.25, 0.3) is 0 Å². The normalized spacial score (nSPS) is 25.6. The van der Waals surface area contributed by atoms with E-state index in [0.717, 1.165) is 5.56 Å². The molecule has 2 N–H and O–H groups in total. The summed E-state index contributed by atoms with van der Waals surface area (Å²) < 4.78 is 10.5. The fourth-order valence-electron chi connectivity index (χ4n) is 2.10. The molecular weight excluding hydrogens is 236 g/mol. The van der Waals surface area contributed by atoms with E-state index in [1.165, 1.54) is 0 Å². The number of hydrogen-bond acceptors (Lipinski definition) is 4. The van der Waals surface area contributed by atoms with Gasteiger partial charge in [0.05, 0.1) is 5.54 Å². The first-order chi connectivity index (χ1) is 8.58. The largest absolute Gasteiger partial charge is 0.454 e. The molecule has 1 fully saturated rings. The maximum Gasteiger partial charge on any atom is 0.310 e. The predicted octanol–water partition coefficient (Wildman–Crippen LogP) is -0.124. The number of fused-ring (bicyclic) bond motifs is 1. The van der Waals surface area contributed by atoms with E-state index in [-0.39, 0.29) is 6.79 Å². The second-order valence-electron chi connectivity index (χ2n) is 4.54. The van der Waals surface area contributed by atoms with Crippen molar-refractivity contribution >= 4 is 11.8 Å². The van der Waals surface area contributed by atoms with Gasteiger partial charge in [-0.05, 0) is 24.6 Å². The summed E-state index contributed by atoms with van der Waals surface area (Å²) in [5.74, 6) is 0.114. The molecule has 0 aromatic heterocycles. The lowest BCUT2D eigenvalue weighted by Crippen LogP contribution is -2.60. The number of nitrogens with one attached hydrogen (secondary N) is 2. The van der Waals surface area contributed by atoms with Gasteiger partial charge in [-0.25, -0.2) is 0 Å². The highest BCUT2D eigenvalue weighted by atomic mass is 16.7. The molecule has 2 aliphatic rings. The van der Waals surface area contributed by atoms with E-state index in [2.05, 4.69) is 10.6 Å². The van der Waals surface area contributed by atoms with Gasteiger partial charge in [-0.2, -0.15) is 0 Å². The minimum Gasteiger partial charge on any atom is -0.454 e. The summed E-state index contributed by atoms with van der Waals surface area (Å²) in [6.07, 6.45) is 0. The van der Waals surface area contributed by atoms with Crippen LogP contribution in [0.15, 0.2) is 18.2 Å². The summed E-state index contributed by atoms with van der Waals surface area (Å²) in [4.78, 5) is 22.6. The molecular formula is C12H12N2O4. The van der Waals surface area contributed by atoms with E-state index in [1.54, 1.807) is 6.07 Å². The molecule has 0 radical (unpaired) electrons. The zero-order chi connectivity index (χ0) is 12.8. The molecule has 1 aromatic carbocycles. The average molecular weight is 248 g/mol. The van der Waals surface area contributed by atoms with Crippen LogP contribution in [-0.4, -0.2) is 25.2 Å². The first kappa shape index (κ1) is 10.9. The molecule has 1 atom stereocenters. The average Bonchev–Trinajstić information content (AvgIpc) is 2.81. The van der Waals surface area contributed by atoms with E-state index in [1.807, 2.05) is 19.1 Å². The second-order valence-corrected chi connectivity index (χ2v) is 4.54. The Morgan fingerprint density at radius 3 is 2.72 bits per heavy atom. The fraction of sp³-hybridized carbons (Fsp3) is 0.333. The van der Waals surface area contributed by atoms with Gasteiger partial charge in [-0.3, -0.25) is 9.59 Å². The van der Waals surface area contributed by atoms with Gasteiger partial charge in [0.15, 0.2) is 11.5 Å². The predicted molar refractivity (Wildman–Crippen MR) is 61.1 cm³/mol. The summed E-state index contributed by atoms with van der Waals surface area (Å²) in [6, 6.07) is 5.47. The number of carbonyl (C=O) groups is 2. The van der Waals surface area contributed by atoms with Gasteiger partial charge in [0.1, 0.15) is 0 Å². The van der Waals surface area contributed by atoms with Gasteiger partial charge in [0.2, 0.25) is 6.79 Å². The van der Waals surface area contributed by atoms with Crippen LogP contribution >= 0.6 is 0 Å². The lowest BCUT2D eigenvalue weighted by atomic mass is 9.90. The summed E-state index contributed by atoms with van der Waals surface area (Å²) in [7, 11) is 0. The summed E-state index contributed by atoms with van der Waals surface area (Å²) in [5.41, 5.74) is 0.228. The van der Waals surface area contributed by atoms with E-state index >= 15 is 0 Å². The molecule has 3 rings (SSSR count). The first-order valence-corrected chi connectivity index (χ1v) is 5.59. The molecule has 1 saturated heterocycles. The Morgan fingerprint density at radius 2 is 1.94 bits per heavy atom. The van der Waals surface area contributed by atoms with Crippen molar-refractivity contribution in [3.05, 3.63) is 23.8 Å². The molecule has 6 nitrogen and oxygen atoms in total. The Morgan fingerprint density at radius 1 is 1.17 bits per heavy atom. The fourth-order valence-corrected chi connectivity index (χ4v) is 2.10. The van der Waals surface area contributed by atoms with Crippen LogP contribution in [0.25, 0.3) is 0 Å². The van der Waals surface area contributed by atoms with Crippen molar-refractivity contribution in [3.63, 3.8) is 0 Å². The van der Waals surface area contributed by atoms with Gasteiger partial charge in [0, 0.05) is 6.54 Å². The van der Waals surface area contributed by atoms with Gasteiger partial charge >= 0.3 is 11.8 Å². The summed E-state index contributed by atoms with van der Waals surface area (Å²) >= 11 is 0. The molecule has 0 bridgehead atoms. The Labute approximate surface area is 103 Å². The standard InChI is InChI=1S/C12H12N2O4/c1-12(5-13-10(15)11(16)14-12)7-2-3-8-9(4-7)18-6-17-8/h2-4H,5-6H2,1H3,(H,13,15)(H,14,16). The maximum absolute atomic E-state index is 11.4. The van der Waals surface area contributed by atoms with Crippen LogP contribution in [0.4, 0.5) is 0 Å². The molecule has 2 heterocycles. The third-order valence-electron chi connectivity index (χ3n) is 3.21. The van der Waals surface area contributed by atoms with Crippen molar-refractivity contribution in [2.75, 3.05) is 13.3 Å². The lowest BCUT2D eigenvalue weighted by molar-refractivity contribution is -0.142. The van der Waals surface area contributed by atoms with E-state index in [4.69, 9.17) is 9.47 Å². The number of benzene rings is 1. The van der Waals surface area contributed by atoms with Crippen molar-refractivity contribution < 1.29 is 19.1 Å². The summed E-state index contributed by atoms with van der Waals surface area (Å²) in [6.45, 7) is 2.40. The number of rotatable bonds is 1. The van der Waals surface area contributed by atoms with Crippen molar-refractivity contribution in [1.82, 2.24) is 10.6 Å². The number of amides is 2. The molecule has 0 aliphatic carbocycles. The Balaban J connectivity index is 1.94. The molecule has 2 aliphatic heterocycles. The Kier molecular flexibility index (Phi) is 2.19. The van der Waals surface area contributed by atoms with Gasteiger partial charge < -0.3 is 20.1 Å². The van der Waals surface area contributed by atoms with Crippen molar-refractivity contribution in [2.24, 2.45) is 0 Å². The van der Waals surface area contributed by atoms with Gasteiger partial charge in [-0.15, -0.1) is 0 Å². The quantitative estimate of drug-likeness (QED) is 0.679. The van der Waals surface area contributed by atoms with E-state index in [0.29, 0.717) is 18.0 Å².